The fraction of sp³-hybridized carbons (Fsp3) is 1.00. The van der Waals surface area contributed by atoms with E-state index >= 15 is 0 Å². The van der Waals surface area contributed by atoms with E-state index < -0.39 is 0 Å². The molecule has 1 unspecified atom stereocenters. The molecule has 3 heteroatoms. The van der Waals surface area contributed by atoms with Crippen LogP contribution in [-0.4, -0.2) is 30.7 Å². The Morgan fingerprint density at radius 2 is 2.14 bits per heavy atom. The summed E-state index contributed by atoms with van der Waals surface area (Å²) in [5, 5.41) is 8.74. The number of hydrogen-bond donors (Lipinski definition) is 1. The van der Waals surface area contributed by atoms with Crippen LogP contribution in [0.3, 0.4) is 0 Å². The number of aliphatic hydroxyl groups is 1. The van der Waals surface area contributed by atoms with Crippen molar-refractivity contribution in [3.63, 3.8) is 0 Å². The van der Waals surface area contributed by atoms with Crippen molar-refractivity contribution in [3.8, 4) is 0 Å². The van der Waals surface area contributed by atoms with Crippen molar-refractivity contribution in [1.29, 1.82) is 0 Å². The Hall–Kier alpha value is -0.120. The van der Waals surface area contributed by atoms with E-state index in [4.69, 9.17) is 14.6 Å². The van der Waals surface area contributed by atoms with Gasteiger partial charge in [0.25, 0.3) is 0 Å². The van der Waals surface area contributed by atoms with Gasteiger partial charge in [-0.2, -0.15) is 0 Å². The maximum Gasteiger partial charge on any atom is 0.157 e. The molecule has 3 nitrogen and oxygen atoms in total. The topological polar surface area (TPSA) is 38.7 Å². The summed E-state index contributed by atoms with van der Waals surface area (Å²) in [5.41, 5.74) is 0. The molecule has 2 fully saturated rings. The number of rotatable bonds is 4. The first-order chi connectivity index (χ1) is 6.88. The van der Waals surface area contributed by atoms with Crippen LogP contribution in [0.2, 0.25) is 0 Å². The van der Waals surface area contributed by atoms with E-state index in [1.807, 2.05) is 0 Å². The number of aliphatic hydroxyl groups excluding tert-OH is 1. The first-order valence-electron chi connectivity index (χ1n) is 5.76. The summed E-state index contributed by atoms with van der Waals surface area (Å²) in [7, 11) is 0. The molecule has 0 aromatic carbocycles. The smallest absolute Gasteiger partial charge is 0.157 e. The van der Waals surface area contributed by atoms with Crippen LogP contribution in [0.1, 0.15) is 38.5 Å². The molecule has 0 spiro atoms. The number of hydrogen-bond acceptors (Lipinski definition) is 3. The Kier molecular flexibility index (Phi) is 3.79. The second-order valence-corrected chi connectivity index (χ2v) is 4.40. The van der Waals surface area contributed by atoms with Crippen LogP contribution in [-0.2, 0) is 9.47 Å². The summed E-state index contributed by atoms with van der Waals surface area (Å²) >= 11 is 0. The maximum atomic E-state index is 8.74. The summed E-state index contributed by atoms with van der Waals surface area (Å²) in [4.78, 5) is 0. The molecule has 2 rings (SSSR count). The van der Waals surface area contributed by atoms with Crippen molar-refractivity contribution in [1.82, 2.24) is 0 Å². The molecular weight excluding hydrogens is 180 g/mol. The minimum Gasteiger partial charge on any atom is -0.396 e. The summed E-state index contributed by atoms with van der Waals surface area (Å²) in [6, 6.07) is 0. The molecule has 0 radical (unpaired) electrons. The molecule has 0 aromatic heterocycles. The third-order valence-corrected chi connectivity index (χ3v) is 3.21. The molecule has 14 heavy (non-hydrogen) atoms. The standard InChI is InChI=1S/C11H20O3/c12-5-4-9-7-10(8-9)14-11-3-1-2-6-13-11/h9-12H,1-8H2. The van der Waals surface area contributed by atoms with Gasteiger partial charge in [0.2, 0.25) is 0 Å². The summed E-state index contributed by atoms with van der Waals surface area (Å²) in [5.74, 6) is 0.689. The summed E-state index contributed by atoms with van der Waals surface area (Å²) < 4.78 is 11.3. The fourth-order valence-electron chi connectivity index (χ4n) is 2.24. The van der Waals surface area contributed by atoms with Gasteiger partial charge in [-0.05, 0) is 44.4 Å². The van der Waals surface area contributed by atoms with Crippen molar-refractivity contribution in [3.05, 3.63) is 0 Å². The SMILES string of the molecule is OCCC1CC(OC2CCCCO2)C1. The molecule has 2 aliphatic rings. The van der Waals surface area contributed by atoms with E-state index in [0.29, 0.717) is 18.6 Å². The third-order valence-electron chi connectivity index (χ3n) is 3.21. The lowest BCUT2D eigenvalue weighted by atomic mass is 9.80. The minimum absolute atomic E-state index is 0.0591. The quantitative estimate of drug-likeness (QED) is 0.750. The predicted molar refractivity (Wildman–Crippen MR) is 52.9 cm³/mol. The summed E-state index contributed by atoms with van der Waals surface area (Å²) in [6.07, 6.45) is 7.08. The van der Waals surface area contributed by atoms with E-state index in [9.17, 15) is 0 Å². The maximum absolute atomic E-state index is 8.74. The van der Waals surface area contributed by atoms with Crippen LogP contribution in [0.25, 0.3) is 0 Å². The highest BCUT2D eigenvalue weighted by atomic mass is 16.7. The fourth-order valence-corrected chi connectivity index (χ4v) is 2.24. The zero-order valence-corrected chi connectivity index (χ0v) is 8.65. The van der Waals surface area contributed by atoms with Crippen LogP contribution >= 0.6 is 0 Å². The molecule has 0 amide bonds. The van der Waals surface area contributed by atoms with Crippen molar-refractivity contribution in [2.45, 2.75) is 50.9 Å². The predicted octanol–water partition coefficient (Wildman–Crippen LogP) is 1.69. The van der Waals surface area contributed by atoms with Gasteiger partial charge in [-0.15, -0.1) is 0 Å². The van der Waals surface area contributed by atoms with Crippen LogP contribution < -0.4 is 0 Å². The normalized spacial score (nSPS) is 37.9. The molecular formula is C11H20O3. The van der Waals surface area contributed by atoms with E-state index in [-0.39, 0.29) is 6.29 Å². The van der Waals surface area contributed by atoms with Crippen molar-refractivity contribution < 1.29 is 14.6 Å². The van der Waals surface area contributed by atoms with E-state index in [1.165, 1.54) is 12.8 Å². The van der Waals surface area contributed by atoms with Gasteiger partial charge in [0.1, 0.15) is 0 Å². The Labute approximate surface area is 85.4 Å². The van der Waals surface area contributed by atoms with Gasteiger partial charge in [-0.3, -0.25) is 0 Å². The highest BCUT2D eigenvalue weighted by molar-refractivity contribution is 4.80. The Bertz CT molecular complexity index is 160. The summed E-state index contributed by atoms with van der Waals surface area (Å²) in [6.45, 7) is 1.18. The van der Waals surface area contributed by atoms with Crippen LogP contribution in [0, 0.1) is 5.92 Å². The monoisotopic (exact) mass is 200 g/mol. The van der Waals surface area contributed by atoms with Gasteiger partial charge in [0.05, 0.1) is 6.10 Å². The molecule has 0 bridgehead atoms. The molecule has 82 valence electrons. The second kappa shape index (κ2) is 5.10. The Morgan fingerprint density at radius 3 is 2.79 bits per heavy atom. The van der Waals surface area contributed by atoms with E-state index in [2.05, 4.69) is 0 Å². The van der Waals surface area contributed by atoms with Crippen LogP contribution in [0.4, 0.5) is 0 Å². The zero-order chi connectivity index (χ0) is 9.80. The Balaban J connectivity index is 1.58. The van der Waals surface area contributed by atoms with Gasteiger partial charge >= 0.3 is 0 Å². The first kappa shape index (κ1) is 10.4. The zero-order valence-electron chi connectivity index (χ0n) is 8.65. The first-order valence-corrected chi connectivity index (χ1v) is 5.76. The van der Waals surface area contributed by atoms with E-state index in [0.717, 1.165) is 32.3 Å². The molecule has 1 atom stereocenters. The number of ether oxygens (including phenoxy) is 2. The van der Waals surface area contributed by atoms with Gasteiger partial charge < -0.3 is 14.6 Å². The average molecular weight is 200 g/mol. The molecule has 1 aliphatic heterocycles. The van der Waals surface area contributed by atoms with Gasteiger partial charge in [-0.1, -0.05) is 0 Å². The Morgan fingerprint density at radius 1 is 1.29 bits per heavy atom. The molecule has 1 saturated carbocycles. The van der Waals surface area contributed by atoms with Crippen LogP contribution in [0.15, 0.2) is 0 Å². The van der Waals surface area contributed by atoms with Gasteiger partial charge in [0.15, 0.2) is 6.29 Å². The molecule has 1 N–H and O–H groups in total. The van der Waals surface area contributed by atoms with Gasteiger partial charge in [-0.25, -0.2) is 0 Å². The van der Waals surface area contributed by atoms with E-state index in [1.54, 1.807) is 0 Å². The van der Waals surface area contributed by atoms with Gasteiger partial charge in [0, 0.05) is 13.2 Å². The average Bonchev–Trinajstić information content (AvgIpc) is 2.16. The lowest BCUT2D eigenvalue weighted by Crippen LogP contribution is -2.37. The minimum atomic E-state index is 0.0591. The second-order valence-electron chi connectivity index (χ2n) is 4.40. The van der Waals surface area contributed by atoms with Crippen molar-refractivity contribution in [2.24, 2.45) is 5.92 Å². The third kappa shape index (κ3) is 2.69. The molecule has 1 aliphatic carbocycles. The lowest BCUT2D eigenvalue weighted by Gasteiger charge is -2.38. The highest BCUT2D eigenvalue weighted by Gasteiger charge is 2.31. The molecule has 1 saturated heterocycles. The lowest BCUT2D eigenvalue weighted by molar-refractivity contribution is -0.210. The van der Waals surface area contributed by atoms with Crippen molar-refractivity contribution in [2.75, 3.05) is 13.2 Å². The van der Waals surface area contributed by atoms with Crippen LogP contribution in [0.5, 0.6) is 0 Å². The highest BCUT2D eigenvalue weighted by Crippen LogP contribution is 2.34. The van der Waals surface area contributed by atoms with Crippen molar-refractivity contribution >= 4 is 0 Å². The molecule has 0 aromatic rings. The largest absolute Gasteiger partial charge is 0.396 e. The molecule has 1 heterocycles.